The van der Waals surface area contributed by atoms with E-state index in [0.717, 1.165) is 34.3 Å². The van der Waals surface area contributed by atoms with Crippen molar-refractivity contribution in [2.24, 2.45) is 11.8 Å². The average molecular weight is 402 g/mol. The molecule has 5 rings (SSSR count). The highest BCUT2D eigenvalue weighted by atomic mass is 35.5. The summed E-state index contributed by atoms with van der Waals surface area (Å²) in [6.07, 6.45) is 10.6. The number of nitrogens with zero attached hydrogens (tertiary/aromatic N) is 2. The summed E-state index contributed by atoms with van der Waals surface area (Å²) in [6, 6.07) is 9.15. The maximum absolute atomic E-state index is 6.35. The SMILES string of the molecule is S=C(Nc1ccccc1Cl)N1CCCC2=C[C@H]3C[C@H](CN4CCCC[C@H]34)[C@@H]21. The summed E-state index contributed by atoms with van der Waals surface area (Å²) >= 11 is 12.2. The Balaban J connectivity index is 1.40. The Morgan fingerprint density at radius 1 is 1.15 bits per heavy atom. The molecule has 0 unspecified atom stereocenters. The Morgan fingerprint density at radius 3 is 2.93 bits per heavy atom. The second-order valence-electron chi connectivity index (χ2n) is 8.61. The van der Waals surface area contributed by atoms with Gasteiger partial charge in [0.2, 0.25) is 0 Å². The fourth-order valence-corrected chi connectivity index (χ4v) is 6.45. The topological polar surface area (TPSA) is 18.5 Å². The van der Waals surface area contributed by atoms with Gasteiger partial charge in [0.1, 0.15) is 0 Å². The van der Waals surface area contributed by atoms with Crippen molar-refractivity contribution in [1.82, 2.24) is 9.80 Å². The molecule has 2 bridgehead atoms. The quantitative estimate of drug-likeness (QED) is 0.530. The van der Waals surface area contributed by atoms with E-state index < -0.39 is 0 Å². The molecule has 1 aliphatic carbocycles. The number of nitrogens with one attached hydrogen (secondary N) is 1. The number of likely N-dealkylation sites (tertiary alicyclic amines) is 1. The van der Waals surface area contributed by atoms with Crippen molar-refractivity contribution in [1.29, 1.82) is 0 Å². The molecule has 0 radical (unpaired) electrons. The molecule has 27 heavy (non-hydrogen) atoms. The standard InChI is InChI=1S/C22H28ClN3S/c23-18-7-1-2-8-19(18)24-22(27)26-11-5-6-15-12-16-13-17(21(15)26)14-25-10-4-3-9-20(16)25/h1-2,7-8,12,16-17,20-21H,3-6,9-11,13-14H2,(H,24,27)/t16-,17+,20+,21+/m0/s1. The molecule has 3 heterocycles. The summed E-state index contributed by atoms with van der Waals surface area (Å²) < 4.78 is 0. The molecule has 3 saturated heterocycles. The Labute approximate surface area is 172 Å². The molecule has 1 aromatic rings. The highest BCUT2D eigenvalue weighted by molar-refractivity contribution is 7.80. The highest BCUT2D eigenvalue weighted by Gasteiger charge is 2.46. The van der Waals surface area contributed by atoms with Crippen molar-refractivity contribution in [3.05, 3.63) is 40.9 Å². The average Bonchev–Trinajstić information content (AvgIpc) is 2.69. The minimum absolute atomic E-state index is 0.473. The van der Waals surface area contributed by atoms with Crippen LogP contribution < -0.4 is 5.32 Å². The molecule has 0 spiro atoms. The van der Waals surface area contributed by atoms with Crippen molar-refractivity contribution in [2.45, 2.75) is 50.6 Å². The number of halogens is 1. The van der Waals surface area contributed by atoms with Crippen LogP contribution in [0.5, 0.6) is 0 Å². The lowest BCUT2D eigenvalue weighted by atomic mass is 9.68. The fourth-order valence-electron chi connectivity index (χ4n) is 5.95. The third kappa shape index (κ3) is 3.30. The van der Waals surface area contributed by atoms with E-state index in [1.807, 2.05) is 24.3 Å². The number of fused-ring (bicyclic) bond motifs is 6. The third-order valence-electron chi connectivity index (χ3n) is 7.03. The lowest BCUT2D eigenvalue weighted by Crippen LogP contribution is -2.60. The molecular weight excluding hydrogens is 374 g/mol. The highest BCUT2D eigenvalue weighted by Crippen LogP contribution is 2.45. The van der Waals surface area contributed by atoms with Crippen LogP contribution in [0.25, 0.3) is 0 Å². The van der Waals surface area contributed by atoms with Gasteiger partial charge in [-0.1, -0.05) is 41.8 Å². The Kier molecular flexibility index (Phi) is 4.91. The van der Waals surface area contributed by atoms with E-state index in [2.05, 4.69) is 21.2 Å². The van der Waals surface area contributed by atoms with Crippen molar-refractivity contribution in [3.63, 3.8) is 0 Å². The van der Waals surface area contributed by atoms with Crippen molar-refractivity contribution < 1.29 is 0 Å². The number of hydrogen-bond acceptors (Lipinski definition) is 2. The predicted octanol–water partition coefficient (Wildman–Crippen LogP) is 4.93. The van der Waals surface area contributed by atoms with Crippen LogP contribution >= 0.6 is 23.8 Å². The van der Waals surface area contributed by atoms with E-state index in [1.54, 1.807) is 5.57 Å². The minimum atomic E-state index is 0.473. The summed E-state index contributed by atoms with van der Waals surface area (Å²) in [7, 11) is 0. The monoisotopic (exact) mass is 401 g/mol. The van der Waals surface area contributed by atoms with E-state index in [9.17, 15) is 0 Å². The molecule has 144 valence electrons. The second kappa shape index (κ2) is 7.38. The number of benzene rings is 1. The molecular formula is C22H28ClN3S. The van der Waals surface area contributed by atoms with Gasteiger partial charge in [-0.15, -0.1) is 0 Å². The van der Waals surface area contributed by atoms with E-state index in [4.69, 9.17) is 23.8 Å². The van der Waals surface area contributed by atoms with Crippen LogP contribution in [0.4, 0.5) is 5.69 Å². The smallest absolute Gasteiger partial charge is 0.173 e. The summed E-state index contributed by atoms with van der Waals surface area (Å²) in [4.78, 5) is 5.24. The molecule has 3 fully saturated rings. The van der Waals surface area contributed by atoms with Gasteiger partial charge in [0, 0.05) is 19.1 Å². The number of hydrogen-bond donors (Lipinski definition) is 1. The number of rotatable bonds is 1. The molecule has 3 nitrogen and oxygen atoms in total. The summed E-state index contributed by atoms with van der Waals surface area (Å²) in [5.74, 6) is 1.47. The molecule has 4 atom stereocenters. The molecule has 4 aliphatic rings. The molecule has 0 aromatic heterocycles. The zero-order valence-electron chi connectivity index (χ0n) is 15.7. The maximum atomic E-state index is 6.35. The normalized spacial score (nSPS) is 32.9. The van der Waals surface area contributed by atoms with Crippen LogP contribution in [0.15, 0.2) is 35.9 Å². The molecule has 1 N–H and O–H groups in total. The lowest BCUT2D eigenvalue weighted by molar-refractivity contribution is 0.0132. The van der Waals surface area contributed by atoms with Gasteiger partial charge < -0.3 is 10.2 Å². The van der Waals surface area contributed by atoms with E-state index in [0.29, 0.717) is 12.0 Å². The predicted molar refractivity (Wildman–Crippen MR) is 116 cm³/mol. The summed E-state index contributed by atoms with van der Waals surface area (Å²) in [6.45, 7) is 3.58. The molecule has 1 aromatic carbocycles. The second-order valence-corrected chi connectivity index (χ2v) is 9.40. The third-order valence-corrected chi connectivity index (χ3v) is 7.70. The van der Waals surface area contributed by atoms with Crippen LogP contribution in [0.2, 0.25) is 5.02 Å². The molecule has 0 saturated carbocycles. The van der Waals surface area contributed by atoms with E-state index in [1.165, 1.54) is 51.6 Å². The van der Waals surface area contributed by atoms with E-state index >= 15 is 0 Å². The van der Waals surface area contributed by atoms with Gasteiger partial charge in [0.25, 0.3) is 0 Å². The first-order valence-electron chi connectivity index (χ1n) is 10.5. The number of thiocarbonyl (C=S) groups is 1. The Morgan fingerprint density at radius 2 is 2.04 bits per heavy atom. The van der Waals surface area contributed by atoms with Gasteiger partial charge in [-0.2, -0.15) is 0 Å². The molecule has 3 aliphatic heterocycles. The Hall–Kier alpha value is -1.10. The van der Waals surface area contributed by atoms with Crippen LogP contribution in [0.3, 0.4) is 0 Å². The largest absolute Gasteiger partial charge is 0.342 e. The lowest BCUT2D eigenvalue weighted by Gasteiger charge is -2.55. The number of piperidine rings is 3. The van der Waals surface area contributed by atoms with Gasteiger partial charge in [0.15, 0.2) is 5.11 Å². The molecule has 0 amide bonds. The maximum Gasteiger partial charge on any atom is 0.173 e. The van der Waals surface area contributed by atoms with Gasteiger partial charge >= 0.3 is 0 Å². The zero-order valence-corrected chi connectivity index (χ0v) is 17.3. The Bertz CT molecular complexity index is 764. The van der Waals surface area contributed by atoms with Crippen molar-refractivity contribution >= 4 is 34.6 Å². The van der Waals surface area contributed by atoms with Gasteiger partial charge in [0.05, 0.1) is 16.8 Å². The van der Waals surface area contributed by atoms with Gasteiger partial charge in [-0.25, -0.2) is 0 Å². The molecule has 5 heteroatoms. The van der Waals surface area contributed by atoms with Crippen LogP contribution in [0.1, 0.15) is 38.5 Å². The van der Waals surface area contributed by atoms with Crippen LogP contribution in [-0.2, 0) is 0 Å². The van der Waals surface area contributed by atoms with Crippen LogP contribution in [0, 0.1) is 11.8 Å². The fraction of sp³-hybridized carbons (Fsp3) is 0.591. The first-order chi connectivity index (χ1) is 13.2. The summed E-state index contributed by atoms with van der Waals surface area (Å²) in [5.41, 5.74) is 2.56. The minimum Gasteiger partial charge on any atom is -0.342 e. The van der Waals surface area contributed by atoms with Crippen LogP contribution in [-0.4, -0.2) is 46.6 Å². The number of para-hydroxylation sites is 1. The van der Waals surface area contributed by atoms with Gasteiger partial charge in [-0.05, 0) is 74.8 Å². The first kappa shape index (κ1) is 18.0. The van der Waals surface area contributed by atoms with E-state index in [-0.39, 0.29) is 0 Å². The first-order valence-corrected chi connectivity index (χ1v) is 11.3. The summed E-state index contributed by atoms with van der Waals surface area (Å²) in [5, 5.41) is 4.99. The zero-order chi connectivity index (χ0) is 18.4. The van der Waals surface area contributed by atoms with Crippen molar-refractivity contribution in [2.75, 3.05) is 25.0 Å². The number of anilines is 1. The van der Waals surface area contributed by atoms with Crippen molar-refractivity contribution in [3.8, 4) is 0 Å². The van der Waals surface area contributed by atoms with Gasteiger partial charge in [-0.3, -0.25) is 4.90 Å².